The van der Waals surface area contributed by atoms with Gasteiger partial charge < -0.3 is 9.47 Å². The highest BCUT2D eigenvalue weighted by molar-refractivity contribution is 6.31. The monoisotopic (exact) mass is 512 g/mol. The van der Waals surface area contributed by atoms with Gasteiger partial charge in [0.2, 0.25) is 0 Å². The highest BCUT2D eigenvalue weighted by Gasteiger charge is 2.30. The first kappa shape index (κ1) is 27.9. The van der Waals surface area contributed by atoms with E-state index < -0.39 is 24.3 Å². The maximum Gasteiger partial charge on any atom is 0.340 e. The van der Waals surface area contributed by atoms with Gasteiger partial charge in [0, 0.05) is 5.02 Å². The number of rotatable bonds is 10. The molecule has 2 atom stereocenters. The van der Waals surface area contributed by atoms with Gasteiger partial charge in [0.15, 0.2) is 12.3 Å². The summed E-state index contributed by atoms with van der Waals surface area (Å²) in [5.74, 6) is -0.805. The molecule has 0 radical (unpaired) electrons. The standard InChI is InChI=1S/C28H39ClF2O4/c1-3-5-25(30)27(32)34-21-12-7-18(8-13-21)20-11-16-23(24(29)17-20)19-9-14-22(15-10-19)35-28(33)26(31)6-4-2/h11,16-19,21-22,25-26H,3-10,12-15H2,1-2H3/t18-,19-,21-,22-,25-,26-/m0/s1. The Morgan fingerprint density at radius 1 is 0.829 bits per heavy atom. The van der Waals surface area contributed by atoms with E-state index in [0.29, 0.717) is 37.5 Å². The Hall–Kier alpha value is -1.69. The van der Waals surface area contributed by atoms with Crippen molar-refractivity contribution in [3.63, 3.8) is 0 Å². The van der Waals surface area contributed by atoms with Gasteiger partial charge >= 0.3 is 11.9 Å². The van der Waals surface area contributed by atoms with Crippen molar-refractivity contribution in [2.75, 3.05) is 0 Å². The van der Waals surface area contributed by atoms with E-state index in [9.17, 15) is 18.4 Å². The molecule has 1 aromatic carbocycles. The largest absolute Gasteiger partial charge is 0.460 e. The molecule has 4 nitrogen and oxygen atoms in total. The molecule has 1 aromatic rings. The lowest BCUT2D eigenvalue weighted by Gasteiger charge is -2.31. The summed E-state index contributed by atoms with van der Waals surface area (Å²) in [6, 6.07) is 6.30. The second-order valence-corrected chi connectivity index (χ2v) is 10.5. The SMILES string of the molecule is CCC[C@H](F)C(=O)O[C@H]1CC[C@H](c2ccc([C@H]3CC[C@H](OC(=O)[C@@H](F)CCC)CC3)c(Cl)c2)CC1. The second-order valence-electron chi connectivity index (χ2n) is 10.1. The van der Waals surface area contributed by atoms with Gasteiger partial charge in [-0.1, -0.05) is 50.4 Å². The van der Waals surface area contributed by atoms with Crippen molar-refractivity contribution in [1.29, 1.82) is 0 Å². The van der Waals surface area contributed by atoms with Gasteiger partial charge in [-0.2, -0.15) is 0 Å². The molecule has 0 spiro atoms. The van der Waals surface area contributed by atoms with Crippen LogP contribution in [0.25, 0.3) is 0 Å². The molecule has 196 valence electrons. The maximum atomic E-state index is 13.7. The zero-order valence-electron chi connectivity index (χ0n) is 20.9. The van der Waals surface area contributed by atoms with Crippen LogP contribution in [0.15, 0.2) is 18.2 Å². The van der Waals surface area contributed by atoms with E-state index in [4.69, 9.17) is 21.1 Å². The summed E-state index contributed by atoms with van der Waals surface area (Å²) < 4.78 is 38.2. The zero-order chi connectivity index (χ0) is 25.4. The lowest BCUT2D eigenvalue weighted by Crippen LogP contribution is -2.28. The Morgan fingerprint density at radius 3 is 1.71 bits per heavy atom. The van der Waals surface area contributed by atoms with E-state index in [1.807, 2.05) is 13.8 Å². The van der Waals surface area contributed by atoms with Crippen LogP contribution in [0, 0.1) is 0 Å². The van der Waals surface area contributed by atoms with Gasteiger partial charge in [0.05, 0.1) is 0 Å². The Balaban J connectivity index is 1.47. The van der Waals surface area contributed by atoms with Crippen molar-refractivity contribution in [2.45, 2.75) is 127 Å². The highest BCUT2D eigenvalue weighted by Crippen LogP contribution is 2.40. The number of carbonyl (C=O) groups excluding carboxylic acids is 2. The normalized spacial score (nSPS) is 26.5. The zero-order valence-corrected chi connectivity index (χ0v) is 21.7. The molecule has 0 saturated heterocycles. The third-order valence-corrected chi connectivity index (χ3v) is 7.77. The first-order chi connectivity index (χ1) is 16.8. The Labute approximate surface area is 213 Å². The van der Waals surface area contributed by atoms with Crippen LogP contribution in [0.4, 0.5) is 8.78 Å². The molecule has 0 aliphatic heterocycles. The molecule has 0 bridgehead atoms. The van der Waals surface area contributed by atoms with Gasteiger partial charge in [-0.3, -0.25) is 0 Å². The number of carbonyl (C=O) groups is 2. The molecule has 0 N–H and O–H groups in total. The Kier molecular flexibility index (Phi) is 10.8. The lowest BCUT2D eigenvalue weighted by atomic mass is 9.80. The first-order valence-electron chi connectivity index (χ1n) is 13.3. The fourth-order valence-corrected chi connectivity index (χ4v) is 5.70. The summed E-state index contributed by atoms with van der Waals surface area (Å²) in [6.07, 6.45) is 4.54. The van der Waals surface area contributed by atoms with E-state index in [1.165, 1.54) is 5.56 Å². The van der Waals surface area contributed by atoms with Crippen LogP contribution in [0.5, 0.6) is 0 Å². The van der Waals surface area contributed by atoms with Crippen molar-refractivity contribution in [3.8, 4) is 0 Å². The number of hydrogen-bond donors (Lipinski definition) is 0. The van der Waals surface area contributed by atoms with Crippen LogP contribution in [0.3, 0.4) is 0 Å². The van der Waals surface area contributed by atoms with E-state index >= 15 is 0 Å². The average molecular weight is 513 g/mol. The summed E-state index contributed by atoms with van der Waals surface area (Å²) in [5, 5.41) is 0.753. The van der Waals surface area contributed by atoms with Crippen molar-refractivity contribution in [2.24, 2.45) is 0 Å². The number of esters is 2. The van der Waals surface area contributed by atoms with Gasteiger partial charge in [-0.05, 0) is 93.2 Å². The highest BCUT2D eigenvalue weighted by atomic mass is 35.5. The van der Waals surface area contributed by atoms with Crippen LogP contribution >= 0.6 is 11.6 Å². The minimum absolute atomic E-state index is 0.206. The average Bonchev–Trinajstić information content (AvgIpc) is 2.85. The minimum atomic E-state index is -1.52. The maximum absolute atomic E-state index is 13.7. The number of hydrogen-bond acceptors (Lipinski definition) is 4. The molecule has 0 amide bonds. The first-order valence-corrected chi connectivity index (χ1v) is 13.7. The third-order valence-electron chi connectivity index (χ3n) is 7.45. The van der Waals surface area contributed by atoms with Crippen molar-refractivity contribution in [1.82, 2.24) is 0 Å². The fraction of sp³-hybridized carbons (Fsp3) is 0.714. The number of ether oxygens (including phenoxy) is 2. The quantitative estimate of drug-likeness (QED) is 0.301. The van der Waals surface area contributed by atoms with Gasteiger partial charge in [-0.15, -0.1) is 0 Å². The molecule has 7 heteroatoms. The fourth-order valence-electron chi connectivity index (χ4n) is 5.35. The Bertz CT molecular complexity index is 832. The number of benzene rings is 1. The molecule has 2 saturated carbocycles. The number of alkyl halides is 2. The molecule has 0 aromatic heterocycles. The van der Waals surface area contributed by atoms with Gasteiger partial charge in [0.1, 0.15) is 12.2 Å². The van der Waals surface area contributed by atoms with E-state index in [1.54, 1.807) is 0 Å². The van der Waals surface area contributed by atoms with Crippen LogP contribution in [0.2, 0.25) is 5.02 Å². The molecular formula is C28H39ClF2O4. The molecule has 2 aliphatic carbocycles. The van der Waals surface area contributed by atoms with E-state index in [0.717, 1.165) is 49.1 Å². The Morgan fingerprint density at radius 2 is 1.29 bits per heavy atom. The van der Waals surface area contributed by atoms with Crippen molar-refractivity contribution < 1.29 is 27.8 Å². The molecule has 0 heterocycles. The molecule has 35 heavy (non-hydrogen) atoms. The molecule has 2 aliphatic rings. The van der Waals surface area contributed by atoms with E-state index in [-0.39, 0.29) is 25.0 Å². The summed E-state index contributed by atoms with van der Waals surface area (Å²) in [5.41, 5.74) is 2.30. The van der Waals surface area contributed by atoms with Crippen LogP contribution < -0.4 is 0 Å². The summed E-state index contributed by atoms with van der Waals surface area (Å²) in [7, 11) is 0. The predicted molar refractivity (Wildman–Crippen MR) is 133 cm³/mol. The molecular weight excluding hydrogens is 474 g/mol. The van der Waals surface area contributed by atoms with Crippen LogP contribution in [-0.4, -0.2) is 36.5 Å². The van der Waals surface area contributed by atoms with Gasteiger partial charge in [0.25, 0.3) is 0 Å². The molecule has 0 unspecified atom stereocenters. The topological polar surface area (TPSA) is 52.6 Å². The second kappa shape index (κ2) is 13.6. The molecule has 2 fully saturated rings. The van der Waals surface area contributed by atoms with Crippen molar-refractivity contribution >= 4 is 23.5 Å². The van der Waals surface area contributed by atoms with Crippen LogP contribution in [0.1, 0.15) is 114 Å². The van der Waals surface area contributed by atoms with Crippen molar-refractivity contribution in [3.05, 3.63) is 34.3 Å². The number of halogens is 3. The van der Waals surface area contributed by atoms with E-state index in [2.05, 4.69) is 18.2 Å². The molecule has 3 rings (SSSR count). The predicted octanol–water partition coefficient (Wildman–Crippen LogP) is 7.76. The summed E-state index contributed by atoms with van der Waals surface area (Å²) >= 11 is 6.70. The van der Waals surface area contributed by atoms with Gasteiger partial charge in [-0.25, -0.2) is 18.4 Å². The smallest absolute Gasteiger partial charge is 0.340 e. The summed E-state index contributed by atoms with van der Waals surface area (Å²) in [4.78, 5) is 23.7. The minimum Gasteiger partial charge on any atom is -0.460 e. The lowest BCUT2D eigenvalue weighted by molar-refractivity contribution is -0.157. The third kappa shape index (κ3) is 7.90. The summed E-state index contributed by atoms with van der Waals surface area (Å²) in [6.45, 7) is 3.69. The van der Waals surface area contributed by atoms with Crippen LogP contribution in [-0.2, 0) is 19.1 Å².